The molecule has 19 heavy (non-hydrogen) atoms. The molecule has 4 heteroatoms. The van der Waals surface area contributed by atoms with Crippen molar-refractivity contribution in [1.82, 2.24) is 0 Å². The van der Waals surface area contributed by atoms with E-state index in [2.05, 4.69) is 15.9 Å². The summed E-state index contributed by atoms with van der Waals surface area (Å²) in [5, 5.41) is 9.65. The van der Waals surface area contributed by atoms with Crippen LogP contribution in [0.4, 0.5) is 4.39 Å². The highest BCUT2D eigenvalue weighted by Crippen LogP contribution is 2.26. The van der Waals surface area contributed by atoms with Crippen molar-refractivity contribution in [2.24, 2.45) is 0 Å². The fourth-order valence-corrected chi connectivity index (χ4v) is 2.17. The van der Waals surface area contributed by atoms with Crippen LogP contribution in [0.2, 0.25) is 0 Å². The third-order valence-corrected chi connectivity index (χ3v) is 3.36. The zero-order valence-electron chi connectivity index (χ0n) is 10.4. The fourth-order valence-electron chi connectivity index (χ4n) is 1.75. The molecule has 0 amide bonds. The summed E-state index contributed by atoms with van der Waals surface area (Å²) in [7, 11) is 0. The molecule has 1 N–H and O–H groups in total. The van der Waals surface area contributed by atoms with Crippen molar-refractivity contribution < 1.29 is 14.2 Å². The SMILES string of the molecule is CC(O)c1ccccc1OCc1ccc(F)c(Br)c1. The first-order chi connectivity index (χ1) is 9.08. The molecule has 1 atom stereocenters. The lowest BCUT2D eigenvalue weighted by Crippen LogP contribution is -2.01. The van der Waals surface area contributed by atoms with Gasteiger partial charge in [-0.3, -0.25) is 0 Å². The smallest absolute Gasteiger partial charge is 0.137 e. The second-order valence-corrected chi connectivity index (χ2v) is 5.11. The Bertz CT molecular complexity index is 570. The van der Waals surface area contributed by atoms with Crippen LogP contribution in [0.25, 0.3) is 0 Å². The Labute approximate surface area is 120 Å². The normalized spacial score (nSPS) is 12.2. The van der Waals surface area contributed by atoms with Gasteiger partial charge in [-0.1, -0.05) is 24.3 Å². The van der Waals surface area contributed by atoms with Crippen LogP contribution < -0.4 is 4.74 Å². The molecular formula is C15H14BrFO2. The third kappa shape index (κ3) is 3.55. The van der Waals surface area contributed by atoms with Gasteiger partial charge in [0.25, 0.3) is 0 Å². The lowest BCUT2D eigenvalue weighted by molar-refractivity contribution is 0.190. The third-order valence-electron chi connectivity index (χ3n) is 2.75. The number of rotatable bonds is 4. The minimum atomic E-state index is -0.587. The molecule has 0 radical (unpaired) electrons. The molecule has 100 valence electrons. The van der Waals surface area contributed by atoms with E-state index in [1.54, 1.807) is 25.1 Å². The van der Waals surface area contributed by atoms with Gasteiger partial charge >= 0.3 is 0 Å². The molecule has 1 unspecified atom stereocenters. The van der Waals surface area contributed by atoms with E-state index in [1.165, 1.54) is 6.07 Å². The molecule has 0 aromatic heterocycles. The summed E-state index contributed by atoms with van der Waals surface area (Å²) in [4.78, 5) is 0. The Hall–Kier alpha value is -1.39. The molecule has 0 saturated carbocycles. The minimum Gasteiger partial charge on any atom is -0.489 e. The molecule has 0 heterocycles. The van der Waals surface area contributed by atoms with Crippen LogP contribution in [0, 0.1) is 5.82 Å². The predicted octanol–water partition coefficient (Wildman–Crippen LogP) is 4.22. The molecule has 2 aromatic rings. The molecule has 2 nitrogen and oxygen atoms in total. The predicted molar refractivity (Wildman–Crippen MR) is 75.5 cm³/mol. The van der Waals surface area contributed by atoms with Crippen LogP contribution in [-0.4, -0.2) is 5.11 Å². The second kappa shape index (κ2) is 6.17. The molecule has 0 aliphatic heterocycles. The van der Waals surface area contributed by atoms with E-state index in [9.17, 15) is 9.50 Å². The molecular weight excluding hydrogens is 311 g/mol. The lowest BCUT2D eigenvalue weighted by Gasteiger charge is -2.13. The Morgan fingerprint density at radius 1 is 1.26 bits per heavy atom. The standard InChI is InChI=1S/C15H14BrFO2/c1-10(18)12-4-2-3-5-15(12)19-9-11-6-7-14(17)13(16)8-11/h2-8,10,18H,9H2,1H3. The number of ether oxygens (including phenoxy) is 1. The van der Waals surface area contributed by atoms with E-state index >= 15 is 0 Å². The maximum absolute atomic E-state index is 13.1. The van der Waals surface area contributed by atoms with E-state index in [4.69, 9.17) is 4.74 Å². The van der Waals surface area contributed by atoms with Gasteiger partial charge in [0, 0.05) is 5.56 Å². The van der Waals surface area contributed by atoms with E-state index in [0.29, 0.717) is 16.8 Å². The number of halogens is 2. The highest BCUT2D eigenvalue weighted by atomic mass is 79.9. The first-order valence-electron chi connectivity index (χ1n) is 5.91. The second-order valence-electron chi connectivity index (χ2n) is 4.25. The number of hydrogen-bond acceptors (Lipinski definition) is 2. The maximum Gasteiger partial charge on any atom is 0.137 e. The van der Waals surface area contributed by atoms with Crippen molar-refractivity contribution in [2.75, 3.05) is 0 Å². The highest BCUT2D eigenvalue weighted by Gasteiger charge is 2.08. The summed E-state index contributed by atoms with van der Waals surface area (Å²) in [5.41, 5.74) is 1.59. The quantitative estimate of drug-likeness (QED) is 0.912. The molecule has 2 aromatic carbocycles. The number of aliphatic hydroxyl groups is 1. The molecule has 0 fully saturated rings. The number of benzene rings is 2. The van der Waals surface area contributed by atoms with Crippen molar-refractivity contribution in [2.45, 2.75) is 19.6 Å². The topological polar surface area (TPSA) is 29.5 Å². The van der Waals surface area contributed by atoms with Crippen LogP contribution in [0.1, 0.15) is 24.2 Å². The zero-order valence-corrected chi connectivity index (χ0v) is 12.0. The Balaban J connectivity index is 2.12. The first kappa shape index (κ1) is 14.0. The molecule has 0 saturated heterocycles. The van der Waals surface area contributed by atoms with Gasteiger partial charge in [0.15, 0.2) is 0 Å². The van der Waals surface area contributed by atoms with Crippen LogP contribution in [0.3, 0.4) is 0 Å². The van der Waals surface area contributed by atoms with Crippen molar-refractivity contribution >= 4 is 15.9 Å². The van der Waals surface area contributed by atoms with Gasteiger partial charge in [-0.25, -0.2) is 4.39 Å². The molecule has 0 aliphatic rings. The fraction of sp³-hybridized carbons (Fsp3) is 0.200. The van der Waals surface area contributed by atoms with Gasteiger partial charge in [0.1, 0.15) is 18.2 Å². The summed E-state index contributed by atoms with van der Waals surface area (Å²) in [6.45, 7) is 2.01. The molecule has 0 spiro atoms. The number of para-hydroxylation sites is 1. The average Bonchev–Trinajstić information content (AvgIpc) is 2.40. The van der Waals surface area contributed by atoms with Crippen LogP contribution in [0.15, 0.2) is 46.9 Å². The first-order valence-corrected chi connectivity index (χ1v) is 6.71. The van der Waals surface area contributed by atoms with E-state index < -0.39 is 6.10 Å². The monoisotopic (exact) mass is 324 g/mol. The van der Waals surface area contributed by atoms with Gasteiger partial charge in [-0.15, -0.1) is 0 Å². The Kier molecular flexibility index (Phi) is 4.56. The van der Waals surface area contributed by atoms with Crippen molar-refractivity contribution in [1.29, 1.82) is 0 Å². The summed E-state index contributed by atoms with van der Waals surface area (Å²) in [6, 6.07) is 12.1. The summed E-state index contributed by atoms with van der Waals surface area (Å²) >= 11 is 3.14. The van der Waals surface area contributed by atoms with Crippen molar-refractivity contribution in [3.8, 4) is 5.75 Å². The lowest BCUT2D eigenvalue weighted by atomic mass is 10.1. The van der Waals surface area contributed by atoms with Gasteiger partial charge in [0.2, 0.25) is 0 Å². The number of aliphatic hydroxyl groups excluding tert-OH is 1. The van der Waals surface area contributed by atoms with Crippen molar-refractivity contribution in [3.05, 3.63) is 63.9 Å². The summed E-state index contributed by atoms with van der Waals surface area (Å²) in [6.07, 6.45) is -0.587. The largest absolute Gasteiger partial charge is 0.489 e. The van der Waals surface area contributed by atoms with Gasteiger partial charge in [-0.2, -0.15) is 0 Å². The van der Waals surface area contributed by atoms with E-state index in [-0.39, 0.29) is 5.82 Å². The van der Waals surface area contributed by atoms with Crippen LogP contribution in [-0.2, 0) is 6.61 Å². The van der Waals surface area contributed by atoms with Gasteiger partial charge in [0.05, 0.1) is 10.6 Å². The van der Waals surface area contributed by atoms with E-state index in [1.807, 2.05) is 18.2 Å². The summed E-state index contributed by atoms with van der Waals surface area (Å²) in [5.74, 6) is 0.339. The Morgan fingerprint density at radius 2 is 2.00 bits per heavy atom. The summed E-state index contributed by atoms with van der Waals surface area (Å²) < 4.78 is 19.2. The molecule has 0 aliphatic carbocycles. The van der Waals surface area contributed by atoms with Crippen molar-refractivity contribution in [3.63, 3.8) is 0 Å². The molecule has 2 rings (SSSR count). The maximum atomic E-state index is 13.1. The highest BCUT2D eigenvalue weighted by molar-refractivity contribution is 9.10. The number of hydrogen-bond donors (Lipinski definition) is 1. The Morgan fingerprint density at radius 3 is 2.68 bits per heavy atom. The average molecular weight is 325 g/mol. The molecule has 0 bridgehead atoms. The van der Waals surface area contributed by atoms with Gasteiger partial charge in [-0.05, 0) is 46.6 Å². The van der Waals surface area contributed by atoms with Gasteiger partial charge < -0.3 is 9.84 Å². The van der Waals surface area contributed by atoms with Crippen LogP contribution >= 0.6 is 15.9 Å². The zero-order chi connectivity index (χ0) is 13.8. The van der Waals surface area contributed by atoms with Crippen LogP contribution in [0.5, 0.6) is 5.75 Å². The van der Waals surface area contributed by atoms with E-state index in [0.717, 1.165) is 11.1 Å². The minimum absolute atomic E-state index is 0.298.